The summed E-state index contributed by atoms with van der Waals surface area (Å²) in [7, 11) is 1.42. The van der Waals surface area contributed by atoms with Crippen LogP contribution in [0.25, 0.3) is 5.65 Å². The number of rotatable bonds is 6. The van der Waals surface area contributed by atoms with Crippen LogP contribution in [0.3, 0.4) is 0 Å². The first-order chi connectivity index (χ1) is 14.5. The number of carbonyl (C=O) groups is 2. The van der Waals surface area contributed by atoms with E-state index in [4.69, 9.17) is 19.9 Å². The van der Waals surface area contributed by atoms with E-state index in [0.29, 0.717) is 23.8 Å². The second kappa shape index (κ2) is 7.08. The van der Waals surface area contributed by atoms with E-state index >= 15 is 0 Å². The molecule has 4 heterocycles. The zero-order valence-electron chi connectivity index (χ0n) is 16.4. The molecule has 1 atom stereocenters. The van der Waals surface area contributed by atoms with Gasteiger partial charge in [-0.05, 0) is 25.3 Å². The first kappa shape index (κ1) is 18.5. The van der Waals surface area contributed by atoms with Crippen molar-refractivity contribution in [2.45, 2.75) is 31.7 Å². The fourth-order valence-electron chi connectivity index (χ4n) is 3.89. The summed E-state index contributed by atoms with van der Waals surface area (Å²) < 4.78 is 8.13. The fourth-order valence-corrected chi connectivity index (χ4v) is 3.89. The van der Waals surface area contributed by atoms with E-state index in [2.05, 4.69) is 21.3 Å². The minimum Gasteiger partial charge on any atom is -0.476 e. The van der Waals surface area contributed by atoms with E-state index in [1.165, 1.54) is 18.0 Å². The normalized spacial score (nSPS) is 18.8. The van der Waals surface area contributed by atoms with Gasteiger partial charge in [-0.25, -0.2) is 19.0 Å². The predicted molar refractivity (Wildman–Crippen MR) is 103 cm³/mol. The average molecular weight is 411 g/mol. The van der Waals surface area contributed by atoms with Gasteiger partial charge in [0, 0.05) is 19.0 Å². The average Bonchev–Trinajstić information content (AvgIpc) is 3.13. The predicted octanol–water partition coefficient (Wildman–Crippen LogP) is 0.944. The highest BCUT2D eigenvalue weighted by Gasteiger charge is 2.32. The van der Waals surface area contributed by atoms with Crippen molar-refractivity contribution in [1.82, 2.24) is 29.6 Å². The molecule has 2 aliphatic rings. The van der Waals surface area contributed by atoms with Crippen molar-refractivity contribution >= 4 is 23.3 Å². The van der Waals surface area contributed by atoms with E-state index in [9.17, 15) is 9.59 Å². The third-order valence-corrected chi connectivity index (χ3v) is 5.62. The molecule has 11 heteroatoms. The second-order valence-corrected chi connectivity index (χ2v) is 7.79. The quantitative estimate of drug-likeness (QED) is 0.589. The zero-order chi connectivity index (χ0) is 20.8. The van der Waals surface area contributed by atoms with Gasteiger partial charge >= 0.3 is 11.9 Å². The van der Waals surface area contributed by atoms with Gasteiger partial charge in [-0.2, -0.15) is 5.10 Å². The standard InChI is InChI=1S/C19H21N7O4/c1-30-19(29)12-4-5-24(7-12)16-6-14(11-2-3-11)22-26-9-13(20-17(16)26)8-25-10-15(18(27)28)21-23-25/h6,9-12H,2-5,7-8H2,1H3,(H,27,28). The molecule has 0 radical (unpaired) electrons. The number of hydrogen-bond donors (Lipinski definition) is 1. The van der Waals surface area contributed by atoms with Crippen molar-refractivity contribution < 1.29 is 19.4 Å². The Bertz CT molecular complexity index is 1130. The SMILES string of the molecule is COC(=O)C1CCN(c2cc(C3CC3)nn3cc(Cn4cc(C(=O)O)nn4)nc23)C1. The lowest BCUT2D eigenvalue weighted by Crippen LogP contribution is -2.24. The van der Waals surface area contributed by atoms with Crippen LogP contribution in [0.2, 0.25) is 0 Å². The molecule has 2 fully saturated rings. The number of methoxy groups -OCH3 is 1. The number of nitrogens with zero attached hydrogens (tertiary/aromatic N) is 7. The molecule has 3 aromatic rings. The number of fused-ring (bicyclic) bond motifs is 1. The fraction of sp³-hybridized carbons (Fsp3) is 0.474. The van der Waals surface area contributed by atoms with E-state index in [-0.39, 0.29) is 24.1 Å². The highest BCUT2D eigenvalue weighted by atomic mass is 16.5. The molecule has 0 aromatic carbocycles. The Labute approximate surface area is 171 Å². The van der Waals surface area contributed by atoms with Gasteiger partial charge in [0.25, 0.3) is 0 Å². The van der Waals surface area contributed by atoms with Gasteiger partial charge in [-0.3, -0.25) is 4.79 Å². The minimum atomic E-state index is -1.12. The molecule has 3 aromatic heterocycles. The van der Waals surface area contributed by atoms with Crippen LogP contribution in [0.5, 0.6) is 0 Å². The van der Waals surface area contributed by atoms with Gasteiger partial charge in [0.2, 0.25) is 0 Å². The van der Waals surface area contributed by atoms with Crippen LogP contribution < -0.4 is 4.90 Å². The van der Waals surface area contributed by atoms with Gasteiger partial charge in [0.05, 0.1) is 49.0 Å². The first-order valence-electron chi connectivity index (χ1n) is 9.87. The number of ether oxygens (including phenoxy) is 1. The molecule has 1 unspecified atom stereocenters. The summed E-state index contributed by atoms with van der Waals surface area (Å²) in [4.78, 5) is 29.9. The van der Waals surface area contributed by atoms with Crippen molar-refractivity contribution in [2.24, 2.45) is 5.92 Å². The third-order valence-electron chi connectivity index (χ3n) is 5.62. The monoisotopic (exact) mass is 411 g/mol. The molecule has 5 rings (SSSR count). The first-order valence-corrected chi connectivity index (χ1v) is 9.87. The smallest absolute Gasteiger partial charge is 0.358 e. The number of carboxylic acid groups (broad SMARTS) is 1. The highest BCUT2D eigenvalue weighted by molar-refractivity contribution is 5.84. The maximum absolute atomic E-state index is 12.0. The van der Waals surface area contributed by atoms with Gasteiger partial charge in [0.15, 0.2) is 11.3 Å². The molecule has 1 aliphatic carbocycles. The second-order valence-electron chi connectivity index (χ2n) is 7.79. The van der Waals surface area contributed by atoms with Gasteiger partial charge in [0.1, 0.15) is 0 Å². The number of imidazole rings is 1. The summed E-state index contributed by atoms with van der Waals surface area (Å²) in [6, 6.07) is 2.08. The molecule has 0 bridgehead atoms. The largest absolute Gasteiger partial charge is 0.476 e. The van der Waals surface area contributed by atoms with Crippen LogP contribution in [0, 0.1) is 5.92 Å². The molecule has 11 nitrogen and oxygen atoms in total. The van der Waals surface area contributed by atoms with Crippen LogP contribution in [0.1, 0.15) is 47.1 Å². The number of anilines is 1. The minimum absolute atomic E-state index is 0.112. The van der Waals surface area contributed by atoms with Crippen LogP contribution >= 0.6 is 0 Å². The third kappa shape index (κ3) is 3.36. The van der Waals surface area contributed by atoms with Crippen molar-refractivity contribution in [3.8, 4) is 0 Å². The molecule has 30 heavy (non-hydrogen) atoms. The molecular formula is C19H21N7O4. The Morgan fingerprint density at radius 3 is 2.80 bits per heavy atom. The topological polar surface area (TPSA) is 128 Å². The Morgan fingerprint density at radius 1 is 1.27 bits per heavy atom. The highest BCUT2D eigenvalue weighted by Crippen LogP contribution is 2.41. The maximum Gasteiger partial charge on any atom is 0.358 e. The van der Waals surface area contributed by atoms with E-state index < -0.39 is 5.97 Å². The summed E-state index contributed by atoms with van der Waals surface area (Å²) in [5.41, 5.74) is 3.27. The molecule has 156 valence electrons. The summed E-state index contributed by atoms with van der Waals surface area (Å²) in [6.07, 6.45) is 6.20. The van der Waals surface area contributed by atoms with Crippen molar-refractivity contribution in [3.63, 3.8) is 0 Å². The molecule has 1 N–H and O–H groups in total. The molecular weight excluding hydrogens is 390 g/mol. The lowest BCUT2D eigenvalue weighted by Gasteiger charge is -2.19. The number of aromatic carboxylic acids is 1. The number of hydrogen-bond acceptors (Lipinski definition) is 8. The Morgan fingerprint density at radius 2 is 2.10 bits per heavy atom. The Hall–Kier alpha value is -3.50. The summed E-state index contributed by atoms with van der Waals surface area (Å²) in [6.45, 7) is 1.62. The Kier molecular flexibility index (Phi) is 4.37. The zero-order valence-corrected chi connectivity index (χ0v) is 16.4. The number of esters is 1. The van der Waals surface area contributed by atoms with E-state index in [0.717, 1.165) is 37.2 Å². The number of carbonyl (C=O) groups excluding carboxylic acids is 1. The van der Waals surface area contributed by atoms with Crippen molar-refractivity contribution in [2.75, 3.05) is 25.1 Å². The van der Waals surface area contributed by atoms with E-state index in [1.807, 2.05) is 6.20 Å². The van der Waals surface area contributed by atoms with E-state index in [1.54, 1.807) is 4.52 Å². The van der Waals surface area contributed by atoms with Gasteiger partial charge < -0.3 is 14.7 Å². The van der Waals surface area contributed by atoms with Crippen molar-refractivity contribution in [1.29, 1.82) is 0 Å². The van der Waals surface area contributed by atoms with Crippen LogP contribution in [0.15, 0.2) is 18.5 Å². The van der Waals surface area contributed by atoms with Crippen molar-refractivity contribution in [3.05, 3.63) is 35.5 Å². The molecule has 1 aliphatic heterocycles. The summed E-state index contributed by atoms with van der Waals surface area (Å²) >= 11 is 0. The lowest BCUT2D eigenvalue weighted by molar-refractivity contribution is -0.144. The molecule has 0 amide bonds. The number of carboxylic acids is 1. The molecule has 1 saturated carbocycles. The number of aromatic nitrogens is 6. The van der Waals surface area contributed by atoms with Gasteiger partial charge in [-0.1, -0.05) is 5.21 Å². The lowest BCUT2D eigenvalue weighted by atomic mass is 10.1. The summed E-state index contributed by atoms with van der Waals surface area (Å²) in [5, 5.41) is 21.2. The van der Waals surface area contributed by atoms with Gasteiger partial charge in [-0.15, -0.1) is 5.10 Å². The summed E-state index contributed by atoms with van der Waals surface area (Å²) in [5.74, 6) is -0.990. The van der Waals surface area contributed by atoms with Crippen LogP contribution in [0.4, 0.5) is 5.69 Å². The van der Waals surface area contributed by atoms with Crippen LogP contribution in [-0.2, 0) is 16.1 Å². The molecule has 0 spiro atoms. The molecule has 1 saturated heterocycles. The Balaban J connectivity index is 1.48. The maximum atomic E-state index is 12.0. The van der Waals surface area contributed by atoms with Crippen LogP contribution in [-0.4, -0.2) is 66.8 Å².